The van der Waals surface area contributed by atoms with Crippen molar-refractivity contribution < 1.29 is 4.74 Å². The molecule has 0 saturated heterocycles. The number of ether oxygens (including phenoxy) is 1. The normalized spacial score (nSPS) is 10.4. The van der Waals surface area contributed by atoms with Gasteiger partial charge in [0, 0.05) is 5.39 Å². The monoisotopic (exact) mass is 186 g/mol. The van der Waals surface area contributed by atoms with Gasteiger partial charge in [0.15, 0.2) is 0 Å². The molecule has 0 aliphatic carbocycles. The molecule has 0 fully saturated rings. The molecule has 0 aliphatic rings. The van der Waals surface area contributed by atoms with Gasteiger partial charge < -0.3 is 4.74 Å². The standard InChI is InChI=1S/C13H14O/c1-3-14-13-9-10(2)8-11-6-4-5-7-12(11)13/h4-9H,3H2,1-2H3. The molecule has 0 heterocycles. The SMILES string of the molecule is CCOc1cc(C)cc2ccccc12. The van der Waals surface area contributed by atoms with E-state index in [-0.39, 0.29) is 0 Å². The van der Waals surface area contributed by atoms with E-state index in [1.54, 1.807) is 0 Å². The van der Waals surface area contributed by atoms with Gasteiger partial charge >= 0.3 is 0 Å². The largest absolute Gasteiger partial charge is 0.493 e. The molecule has 14 heavy (non-hydrogen) atoms. The molecule has 0 aromatic heterocycles. The first-order chi connectivity index (χ1) is 6.81. The molecule has 1 nitrogen and oxygen atoms in total. The first kappa shape index (κ1) is 9.07. The van der Waals surface area contributed by atoms with Gasteiger partial charge in [-0.25, -0.2) is 0 Å². The maximum Gasteiger partial charge on any atom is 0.127 e. The molecule has 2 rings (SSSR count). The second-order valence-electron chi connectivity index (χ2n) is 3.42. The summed E-state index contributed by atoms with van der Waals surface area (Å²) >= 11 is 0. The van der Waals surface area contributed by atoms with Crippen LogP contribution in [0.25, 0.3) is 10.8 Å². The van der Waals surface area contributed by atoms with Crippen LogP contribution in [0.4, 0.5) is 0 Å². The minimum Gasteiger partial charge on any atom is -0.493 e. The summed E-state index contributed by atoms with van der Waals surface area (Å²) < 4.78 is 5.60. The molecule has 1 heteroatoms. The summed E-state index contributed by atoms with van der Waals surface area (Å²) in [5.41, 5.74) is 1.24. The van der Waals surface area contributed by atoms with Crippen LogP contribution < -0.4 is 4.74 Å². The summed E-state index contributed by atoms with van der Waals surface area (Å²) in [5, 5.41) is 2.44. The molecule has 0 amide bonds. The third-order valence-electron chi connectivity index (χ3n) is 2.27. The lowest BCUT2D eigenvalue weighted by Crippen LogP contribution is -1.92. The quantitative estimate of drug-likeness (QED) is 0.697. The summed E-state index contributed by atoms with van der Waals surface area (Å²) in [7, 11) is 0. The topological polar surface area (TPSA) is 9.23 Å². The second-order valence-corrected chi connectivity index (χ2v) is 3.42. The summed E-state index contributed by atoms with van der Waals surface area (Å²) in [6, 6.07) is 12.6. The van der Waals surface area contributed by atoms with E-state index in [4.69, 9.17) is 4.74 Å². The fraction of sp³-hybridized carbons (Fsp3) is 0.231. The highest BCUT2D eigenvalue weighted by Crippen LogP contribution is 2.27. The Bertz CT molecular complexity index is 446. The van der Waals surface area contributed by atoms with E-state index in [9.17, 15) is 0 Å². The van der Waals surface area contributed by atoms with Crippen LogP contribution in [0.2, 0.25) is 0 Å². The average molecular weight is 186 g/mol. The minimum absolute atomic E-state index is 0.716. The number of hydrogen-bond acceptors (Lipinski definition) is 1. The van der Waals surface area contributed by atoms with Crippen LogP contribution in [0.3, 0.4) is 0 Å². The Kier molecular flexibility index (Phi) is 2.40. The fourth-order valence-electron chi connectivity index (χ4n) is 1.69. The van der Waals surface area contributed by atoms with Crippen LogP contribution in [0.5, 0.6) is 5.75 Å². The molecule has 0 spiro atoms. The van der Waals surface area contributed by atoms with Gasteiger partial charge in [-0.05, 0) is 30.9 Å². The highest BCUT2D eigenvalue weighted by molar-refractivity contribution is 5.88. The van der Waals surface area contributed by atoms with Crippen LogP contribution in [0.15, 0.2) is 36.4 Å². The molecule has 0 bridgehead atoms. The Labute approximate surface area is 84.3 Å². The van der Waals surface area contributed by atoms with Gasteiger partial charge in [-0.15, -0.1) is 0 Å². The fourth-order valence-corrected chi connectivity index (χ4v) is 1.69. The average Bonchev–Trinajstić information content (AvgIpc) is 2.18. The lowest BCUT2D eigenvalue weighted by Gasteiger charge is -2.08. The molecule has 2 aromatic carbocycles. The van der Waals surface area contributed by atoms with Crippen molar-refractivity contribution >= 4 is 10.8 Å². The highest BCUT2D eigenvalue weighted by Gasteiger charge is 2.01. The number of aryl methyl sites for hydroxylation is 1. The molecule has 0 radical (unpaired) electrons. The predicted octanol–water partition coefficient (Wildman–Crippen LogP) is 3.55. The van der Waals surface area contributed by atoms with Crippen LogP contribution in [-0.2, 0) is 0 Å². The molecular formula is C13H14O. The molecule has 0 unspecified atom stereocenters. The molecule has 0 N–H and O–H groups in total. The maximum absolute atomic E-state index is 5.60. The highest BCUT2D eigenvalue weighted by atomic mass is 16.5. The van der Waals surface area contributed by atoms with E-state index in [1.165, 1.54) is 16.3 Å². The summed E-state index contributed by atoms with van der Waals surface area (Å²) in [6.45, 7) is 4.82. The molecule has 0 aliphatic heterocycles. The predicted molar refractivity (Wildman–Crippen MR) is 59.9 cm³/mol. The zero-order chi connectivity index (χ0) is 9.97. The molecule has 0 saturated carbocycles. The van der Waals surface area contributed by atoms with Crippen LogP contribution >= 0.6 is 0 Å². The van der Waals surface area contributed by atoms with Crippen molar-refractivity contribution in [1.29, 1.82) is 0 Å². The van der Waals surface area contributed by atoms with Gasteiger partial charge in [-0.1, -0.05) is 30.3 Å². The number of fused-ring (bicyclic) bond motifs is 1. The van der Waals surface area contributed by atoms with Gasteiger partial charge in [0.2, 0.25) is 0 Å². The van der Waals surface area contributed by atoms with E-state index in [0.29, 0.717) is 6.61 Å². The van der Waals surface area contributed by atoms with E-state index in [0.717, 1.165) is 5.75 Å². The van der Waals surface area contributed by atoms with E-state index in [1.807, 2.05) is 13.0 Å². The zero-order valence-electron chi connectivity index (χ0n) is 8.58. The third-order valence-corrected chi connectivity index (χ3v) is 2.27. The summed E-state index contributed by atoms with van der Waals surface area (Å²) in [5.74, 6) is 0.989. The van der Waals surface area contributed by atoms with Crippen molar-refractivity contribution in [2.45, 2.75) is 13.8 Å². The van der Waals surface area contributed by atoms with Gasteiger partial charge in [0.25, 0.3) is 0 Å². The Morgan fingerprint density at radius 1 is 1.14 bits per heavy atom. The molecular weight excluding hydrogens is 172 g/mol. The van der Waals surface area contributed by atoms with Crippen molar-refractivity contribution in [2.75, 3.05) is 6.61 Å². The Balaban J connectivity index is 2.67. The zero-order valence-corrected chi connectivity index (χ0v) is 8.58. The number of hydrogen-bond donors (Lipinski definition) is 0. The first-order valence-corrected chi connectivity index (χ1v) is 4.93. The van der Waals surface area contributed by atoms with Crippen LogP contribution in [-0.4, -0.2) is 6.61 Å². The van der Waals surface area contributed by atoms with E-state index in [2.05, 4.69) is 37.3 Å². The summed E-state index contributed by atoms with van der Waals surface area (Å²) in [6.07, 6.45) is 0. The van der Waals surface area contributed by atoms with Gasteiger partial charge in [-0.3, -0.25) is 0 Å². The third kappa shape index (κ3) is 1.58. The minimum atomic E-state index is 0.716. The second kappa shape index (κ2) is 3.70. The van der Waals surface area contributed by atoms with Crippen LogP contribution in [0.1, 0.15) is 12.5 Å². The number of rotatable bonds is 2. The summed E-state index contributed by atoms with van der Waals surface area (Å²) in [4.78, 5) is 0. The Hall–Kier alpha value is -1.50. The lowest BCUT2D eigenvalue weighted by molar-refractivity contribution is 0.344. The van der Waals surface area contributed by atoms with Crippen LogP contribution in [0, 0.1) is 6.92 Å². The lowest BCUT2D eigenvalue weighted by atomic mass is 10.1. The first-order valence-electron chi connectivity index (χ1n) is 4.93. The number of benzene rings is 2. The molecule has 72 valence electrons. The smallest absolute Gasteiger partial charge is 0.127 e. The Morgan fingerprint density at radius 3 is 2.71 bits per heavy atom. The van der Waals surface area contributed by atoms with E-state index >= 15 is 0 Å². The van der Waals surface area contributed by atoms with E-state index < -0.39 is 0 Å². The maximum atomic E-state index is 5.60. The Morgan fingerprint density at radius 2 is 1.93 bits per heavy atom. The molecule has 2 aromatic rings. The van der Waals surface area contributed by atoms with Gasteiger partial charge in [0.05, 0.1) is 6.61 Å². The van der Waals surface area contributed by atoms with Crippen molar-refractivity contribution in [3.8, 4) is 5.75 Å². The van der Waals surface area contributed by atoms with Crippen molar-refractivity contribution in [3.63, 3.8) is 0 Å². The van der Waals surface area contributed by atoms with Crippen molar-refractivity contribution in [2.24, 2.45) is 0 Å². The van der Waals surface area contributed by atoms with Gasteiger partial charge in [-0.2, -0.15) is 0 Å². The van der Waals surface area contributed by atoms with Gasteiger partial charge in [0.1, 0.15) is 5.75 Å². The van der Waals surface area contributed by atoms with Crippen molar-refractivity contribution in [1.82, 2.24) is 0 Å². The molecule has 0 atom stereocenters. The van der Waals surface area contributed by atoms with Crippen molar-refractivity contribution in [3.05, 3.63) is 42.0 Å².